The van der Waals surface area contributed by atoms with Crippen LogP contribution in [0.15, 0.2) is 30.7 Å². The van der Waals surface area contributed by atoms with Crippen molar-refractivity contribution in [2.75, 3.05) is 20.3 Å². The second kappa shape index (κ2) is 10.3. The number of nitrogens with zero attached hydrogens (tertiary/aromatic N) is 6. The Kier molecular flexibility index (Phi) is 7.43. The minimum Gasteiger partial charge on any atom is -0.489 e. The highest BCUT2D eigenvalue weighted by Crippen LogP contribution is 2.34. The number of pyridine rings is 1. The van der Waals surface area contributed by atoms with Crippen molar-refractivity contribution in [2.24, 2.45) is 0 Å². The third-order valence-corrected chi connectivity index (χ3v) is 7.74. The summed E-state index contributed by atoms with van der Waals surface area (Å²) < 4.78 is 46.3. The van der Waals surface area contributed by atoms with Gasteiger partial charge >= 0.3 is 0 Å². The third-order valence-electron chi connectivity index (χ3n) is 5.70. The smallest absolute Gasteiger partial charge is 0.186 e. The summed E-state index contributed by atoms with van der Waals surface area (Å²) in [5.74, 6) is 1.25. The summed E-state index contributed by atoms with van der Waals surface area (Å²) in [4.78, 5) is 13.1. The molecule has 11 nitrogen and oxygen atoms in total. The maximum absolute atomic E-state index is 13.6. The molecule has 3 aromatic rings. The van der Waals surface area contributed by atoms with E-state index in [0.29, 0.717) is 23.1 Å². The fourth-order valence-corrected chi connectivity index (χ4v) is 5.32. The van der Waals surface area contributed by atoms with Gasteiger partial charge in [0.25, 0.3) is 0 Å². The Morgan fingerprint density at radius 1 is 1.17 bits per heavy atom. The molecule has 1 aliphatic heterocycles. The van der Waals surface area contributed by atoms with E-state index < -0.39 is 21.2 Å². The predicted molar refractivity (Wildman–Crippen MR) is 127 cm³/mol. The molecule has 0 aliphatic carbocycles. The average molecular weight is 503 g/mol. The second-order valence-corrected chi connectivity index (χ2v) is 11.2. The molecule has 0 radical (unpaired) electrons. The Hall–Kier alpha value is -2.96. The molecule has 0 saturated carbocycles. The Morgan fingerprint density at radius 2 is 1.91 bits per heavy atom. The number of rotatable bonds is 9. The summed E-state index contributed by atoms with van der Waals surface area (Å²) in [6.07, 6.45) is 3.86. The minimum atomic E-state index is -3.78. The molecule has 0 fully saturated rings. The van der Waals surface area contributed by atoms with Crippen LogP contribution in [-0.4, -0.2) is 69.8 Å². The first kappa shape index (κ1) is 25.1. The van der Waals surface area contributed by atoms with Gasteiger partial charge in [-0.1, -0.05) is 0 Å². The zero-order valence-electron chi connectivity index (χ0n) is 20.5. The first-order valence-electron chi connectivity index (χ1n) is 11.4. The van der Waals surface area contributed by atoms with Gasteiger partial charge in [0.2, 0.25) is 0 Å². The lowest BCUT2D eigenvalue weighted by atomic mass is 10.2. The number of hydrogen-bond acceptors (Lipinski definition) is 10. The van der Waals surface area contributed by atoms with Gasteiger partial charge < -0.3 is 14.2 Å². The summed E-state index contributed by atoms with van der Waals surface area (Å²) in [6, 6.07) is 3.23. The largest absolute Gasteiger partial charge is 0.489 e. The molecule has 3 atom stereocenters. The van der Waals surface area contributed by atoms with Gasteiger partial charge in [0.15, 0.2) is 21.5 Å². The summed E-state index contributed by atoms with van der Waals surface area (Å²) in [6.45, 7) is 7.72. The molecule has 4 heterocycles. The van der Waals surface area contributed by atoms with Gasteiger partial charge in [-0.05, 0) is 45.4 Å². The Morgan fingerprint density at radius 3 is 2.60 bits per heavy atom. The van der Waals surface area contributed by atoms with Crippen molar-refractivity contribution in [1.29, 1.82) is 0 Å². The molecule has 0 unspecified atom stereocenters. The molecule has 0 saturated heterocycles. The number of fused-ring (bicyclic) bond motifs is 3. The standard InChI is InChI=1S/C23H30N6O5S/c1-14(2)34-21(22-25-9-15(3)10-26-22)16(4)35(30,31)13-19-27-28-23-20-18(7-6-8-24-20)33-12-17(11-32-5)29(19)23/h6-10,14,16-17,21H,11-13H2,1-5H3/t16-,17+,21+/m0/s1. The lowest BCUT2D eigenvalue weighted by Crippen LogP contribution is -2.32. The van der Waals surface area contributed by atoms with Crippen LogP contribution in [0, 0.1) is 6.92 Å². The molecular weight excluding hydrogens is 472 g/mol. The summed E-state index contributed by atoms with van der Waals surface area (Å²) >= 11 is 0. The van der Waals surface area contributed by atoms with Crippen LogP contribution in [0.4, 0.5) is 0 Å². The SMILES string of the molecule is COC[C@@H]1COc2cccnc2-c2nnc(CS(=O)(=O)[C@@H](C)[C@@H](OC(C)C)c3ncc(C)cn3)n21. The van der Waals surface area contributed by atoms with Crippen molar-refractivity contribution >= 4 is 9.84 Å². The molecule has 0 bridgehead atoms. The van der Waals surface area contributed by atoms with Crippen LogP contribution in [0.3, 0.4) is 0 Å². The molecule has 0 N–H and O–H groups in total. The summed E-state index contributed by atoms with van der Waals surface area (Å²) in [7, 11) is -2.20. The van der Waals surface area contributed by atoms with Gasteiger partial charge in [-0.25, -0.2) is 23.4 Å². The lowest BCUT2D eigenvalue weighted by Gasteiger charge is -2.25. The molecule has 1 aliphatic rings. The van der Waals surface area contributed by atoms with Crippen LogP contribution in [0.2, 0.25) is 0 Å². The summed E-state index contributed by atoms with van der Waals surface area (Å²) in [5.41, 5.74) is 1.38. The van der Waals surface area contributed by atoms with Crippen molar-refractivity contribution in [1.82, 2.24) is 29.7 Å². The van der Waals surface area contributed by atoms with Crippen molar-refractivity contribution in [3.63, 3.8) is 0 Å². The van der Waals surface area contributed by atoms with Gasteiger partial charge in [0.05, 0.1) is 24.0 Å². The van der Waals surface area contributed by atoms with Crippen LogP contribution in [0.1, 0.15) is 50.1 Å². The first-order valence-corrected chi connectivity index (χ1v) is 13.1. The second-order valence-electron chi connectivity index (χ2n) is 8.82. The molecule has 0 spiro atoms. The number of sulfone groups is 1. The van der Waals surface area contributed by atoms with E-state index in [0.717, 1.165) is 5.56 Å². The number of aromatic nitrogens is 6. The molecular formula is C23H30N6O5S. The molecule has 0 amide bonds. The van der Waals surface area contributed by atoms with Crippen LogP contribution in [-0.2, 0) is 25.1 Å². The maximum Gasteiger partial charge on any atom is 0.186 e. The third kappa shape index (κ3) is 5.34. The molecule has 188 valence electrons. The summed E-state index contributed by atoms with van der Waals surface area (Å²) in [5, 5.41) is 7.61. The van der Waals surface area contributed by atoms with E-state index in [2.05, 4.69) is 25.1 Å². The van der Waals surface area contributed by atoms with Crippen LogP contribution in [0.5, 0.6) is 5.75 Å². The number of aryl methyl sites for hydroxylation is 1. The van der Waals surface area contributed by atoms with Crippen LogP contribution < -0.4 is 4.74 Å². The molecule has 35 heavy (non-hydrogen) atoms. The number of hydrogen-bond donors (Lipinski definition) is 0. The van der Waals surface area contributed by atoms with E-state index in [1.54, 1.807) is 49.3 Å². The maximum atomic E-state index is 13.6. The highest BCUT2D eigenvalue weighted by Gasteiger charge is 2.37. The average Bonchev–Trinajstić information content (AvgIpc) is 3.15. The van der Waals surface area contributed by atoms with E-state index in [4.69, 9.17) is 14.2 Å². The van der Waals surface area contributed by atoms with Gasteiger partial charge in [0, 0.05) is 25.7 Å². The van der Waals surface area contributed by atoms with Crippen molar-refractivity contribution < 1.29 is 22.6 Å². The minimum absolute atomic E-state index is 0.224. The molecule has 0 aromatic carbocycles. The van der Waals surface area contributed by atoms with E-state index >= 15 is 0 Å². The predicted octanol–water partition coefficient (Wildman–Crippen LogP) is 2.49. The molecule has 12 heteroatoms. The van der Waals surface area contributed by atoms with E-state index in [1.807, 2.05) is 20.8 Å². The fourth-order valence-electron chi connectivity index (χ4n) is 3.94. The zero-order chi connectivity index (χ0) is 25.2. The number of ether oxygens (including phenoxy) is 3. The van der Waals surface area contributed by atoms with Gasteiger partial charge in [-0.3, -0.25) is 4.57 Å². The van der Waals surface area contributed by atoms with Gasteiger partial charge in [-0.15, -0.1) is 10.2 Å². The molecule has 4 rings (SSSR count). The highest BCUT2D eigenvalue weighted by molar-refractivity contribution is 7.91. The molecule has 3 aromatic heterocycles. The van der Waals surface area contributed by atoms with Gasteiger partial charge in [-0.2, -0.15) is 0 Å². The normalized spacial score (nSPS) is 17.3. The topological polar surface area (TPSA) is 131 Å². The lowest BCUT2D eigenvalue weighted by molar-refractivity contribution is 0.00140. The van der Waals surface area contributed by atoms with E-state index in [1.165, 1.54) is 0 Å². The van der Waals surface area contributed by atoms with E-state index in [-0.39, 0.29) is 36.9 Å². The van der Waals surface area contributed by atoms with Crippen molar-refractivity contribution in [2.45, 2.75) is 56.9 Å². The van der Waals surface area contributed by atoms with Gasteiger partial charge in [0.1, 0.15) is 35.7 Å². The Bertz CT molecular complexity index is 1260. The monoisotopic (exact) mass is 502 g/mol. The fraction of sp³-hybridized carbons (Fsp3) is 0.522. The number of methoxy groups -OCH3 is 1. The Labute approximate surface area is 204 Å². The van der Waals surface area contributed by atoms with Crippen molar-refractivity contribution in [3.05, 3.63) is 47.9 Å². The Balaban J connectivity index is 1.70. The van der Waals surface area contributed by atoms with Crippen molar-refractivity contribution in [3.8, 4) is 17.3 Å². The first-order chi connectivity index (χ1) is 16.7. The zero-order valence-corrected chi connectivity index (χ0v) is 21.3. The van der Waals surface area contributed by atoms with Crippen LogP contribution >= 0.6 is 0 Å². The van der Waals surface area contributed by atoms with Crippen LogP contribution in [0.25, 0.3) is 11.5 Å². The quantitative estimate of drug-likeness (QED) is 0.430. The highest BCUT2D eigenvalue weighted by atomic mass is 32.2. The van der Waals surface area contributed by atoms with E-state index in [9.17, 15) is 8.42 Å².